The average molecular weight is 329 g/mol. The van der Waals surface area contributed by atoms with E-state index in [1.807, 2.05) is 61.2 Å². The molecule has 24 heavy (non-hydrogen) atoms. The first-order valence-corrected chi connectivity index (χ1v) is 8.07. The lowest BCUT2D eigenvalue weighted by Crippen LogP contribution is -2.47. The molecule has 1 fully saturated rings. The van der Waals surface area contributed by atoms with Crippen LogP contribution in [0.15, 0.2) is 30.3 Å². The Bertz CT molecular complexity index is 685. The van der Waals surface area contributed by atoms with Crippen molar-refractivity contribution in [3.05, 3.63) is 47.5 Å². The fourth-order valence-electron chi connectivity index (χ4n) is 2.98. The molecule has 0 aliphatic carbocycles. The van der Waals surface area contributed by atoms with E-state index in [0.717, 1.165) is 11.4 Å². The third-order valence-corrected chi connectivity index (χ3v) is 4.15. The number of aromatic amines is 1. The van der Waals surface area contributed by atoms with Crippen LogP contribution in [0.25, 0.3) is 0 Å². The summed E-state index contributed by atoms with van der Waals surface area (Å²) >= 11 is 0. The van der Waals surface area contributed by atoms with E-state index in [9.17, 15) is 4.79 Å². The fourth-order valence-corrected chi connectivity index (χ4v) is 2.98. The highest BCUT2D eigenvalue weighted by Crippen LogP contribution is 2.25. The van der Waals surface area contributed by atoms with Crippen LogP contribution in [0, 0.1) is 6.92 Å². The van der Waals surface area contributed by atoms with Gasteiger partial charge < -0.3 is 9.64 Å². The van der Waals surface area contributed by atoms with Gasteiger partial charge in [0.1, 0.15) is 18.0 Å². The number of ether oxygens (including phenoxy) is 1. The smallest absolute Gasteiger partial charge is 0.244 e. The minimum Gasteiger partial charge on any atom is -0.366 e. The molecule has 1 amide bonds. The monoisotopic (exact) mass is 329 g/mol. The number of carbonyl (C=O) groups is 1. The van der Waals surface area contributed by atoms with Crippen molar-refractivity contribution in [3.63, 3.8) is 0 Å². The second-order valence-electron chi connectivity index (χ2n) is 6.20. The normalized spacial score (nSPS) is 19.5. The number of aromatic nitrogens is 3. The number of likely N-dealkylation sites (N-methyl/N-ethyl adjacent to an activating group) is 1. The molecule has 0 saturated carbocycles. The van der Waals surface area contributed by atoms with Crippen LogP contribution >= 0.6 is 0 Å². The summed E-state index contributed by atoms with van der Waals surface area (Å²) in [6, 6.07) is 9.53. The molecule has 128 valence electrons. The molecule has 0 radical (unpaired) electrons. The van der Waals surface area contributed by atoms with E-state index in [2.05, 4.69) is 15.2 Å². The molecule has 2 heterocycles. The second-order valence-corrected chi connectivity index (χ2v) is 6.20. The van der Waals surface area contributed by atoms with E-state index >= 15 is 0 Å². The third-order valence-electron chi connectivity index (χ3n) is 4.15. The molecule has 0 unspecified atom stereocenters. The predicted molar refractivity (Wildman–Crippen MR) is 89.3 cm³/mol. The van der Waals surface area contributed by atoms with Crippen molar-refractivity contribution in [1.82, 2.24) is 25.0 Å². The maximum Gasteiger partial charge on any atom is 0.244 e. The zero-order valence-corrected chi connectivity index (χ0v) is 14.3. The molecule has 0 spiro atoms. The Morgan fingerprint density at radius 3 is 2.75 bits per heavy atom. The van der Waals surface area contributed by atoms with Gasteiger partial charge in [-0.15, -0.1) is 0 Å². The fraction of sp³-hybridized carbons (Fsp3) is 0.471. The molecule has 2 aromatic rings. The summed E-state index contributed by atoms with van der Waals surface area (Å²) in [4.78, 5) is 21.2. The van der Waals surface area contributed by atoms with Crippen LogP contribution in [-0.4, -0.2) is 64.7 Å². The minimum absolute atomic E-state index is 0.0757. The van der Waals surface area contributed by atoms with Gasteiger partial charge >= 0.3 is 0 Å². The first-order chi connectivity index (χ1) is 11.6. The summed E-state index contributed by atoms with van der Waals surface area (Å²) in [5.41, 5.74) is 0.990. The first-order valence-electron chi connectivity index (χ1n) is 8.07. The number of hydrogen-bond donors (Lipinski definition) is 1. The minimum atomic E-state index is -0.307. The third kappa shape index (κ3) is 3.47. The molecule has 1 N–H and O–H groups in total. The Morgan fingerprint density at radius 2 is 2.12 bits per heavy atom. The number of H-pyrrole nitrogens is 1. The van der Waals surface area contributed by atoms with Crippen LogP contribution in [0.5, 0.6) is 0 Å². The highest BCUT2D eigenvalue weighted by atomic mass is 16.5. The van der Waals surface area contributed by atoms with E-state index < -0.39 is 0 Å². The number of benzene rings is 1. The zero-order chi connectivity index (χ0) is 17.1. The molecule has 1 aromatic carbocycles. The maximum atomic E-state index is 13.1. The number of hydrogen-bond acceptors (Lipinski definition) is 5. The van der Waals surface area contributed by atoms with Crippen molar-refractivity contribution in [3.8, 4) is 0 Å². The molecule has 2 atom stereocenters. The van der Waals surface area contributed by atoms with E-state index in [-0.39, 0.29) is 18.1 Å². The van der Waals surface area contributed by atoms with Gasteiger partial charge in [0.15, 0.2) is 5.82 Å². The first kappa shape index (κ1) is 16.6. The highest BCUT2D eigenvalue weighted by Gasteiger charge is 2.33. The Morgan fingerprint density at radius 1 is 1.38 bits per heavy atom. The Balaban J connectivity index is 1.77. The van der Waals surface area contributed by atoms with E-state index in [1.165, 1.54) is 0 Å². The number of carbonyl (C=O) groups excluding carboxylic acids is 1. The van der Waals surface area contributed by atoms with Gasteiger partial charge in [0.05, 0.1) is 13.2 Å². The number of morpholine rings is 1. The molecule has 3 rings (SSSR count). The molecule has 7 heteroatoms. The van der Waals surface area contributed by atoms with Gasteiger partial charge in [-0.3, -0.25) is 14.8 Å². The zero-order valence-electron chi connectivity index (χ0n) is 14.3. The Kier molecular flexibility index (Phi) is 4.92. The average Bonchev–Trinajstić information content (AvgIpc) is 3.02. The molecular weight excluding hydrogens is 306 g/mol. The van der Waals surface area contributed by atoms with Crippen molar-refractivity contribution < 1.29 is 9.53 Å². The van der Waals surface area contributed by atoms with Crippen molar-refractivity contribution in [2.75, 3.05) is 33.8 Å². The predicted octanol–water partition coefficient (Wildman–Crippen LogP) is 1.32. The Hall–Kier alpha value is -2.25. The number of nitrogens with one attached hydrogen (secondary N) is 1. The highest BCUT2D eigenvalue weighted by molar-refractivity contribution is 5.83. The van der Waals surface area contributed by atoms with Crippen LogP contribution in [0.2, 0.25) is 0 Å². The van der Waals surface area contributed by atoms with Crippen molar-refractivity contribution in [2.24, 2.45) is 0 Å². The van der Waals surface area contributed by atoms with Crippen LogP contribution in [0.4, 0.5) is 0 Å². The van der Waals surface area contributed by atoms with Crippen LogP contribution in [0.1, 0.15) is 29.4 Å². The lowest BCUT2D eigenvalue weighted by atomic mass is 10.0. The molecule has 1 aromatic heterocycles. The SMILES string of the molecule is Cc1nc([C@H]2CN(C(=O)[C@@H](c3ccccc3)N(C)C)CCO2)n[nH]1. The second kappa shape index (κ2) is 7.11. The van der Waals surface area contributed by atoms with Gasteiger partial charge in [-0.2, -0.15) is 5.10 Å². The summed E-state index contributed by atoms with van der Waals surface area (Å²) in [6.45, 7) is 3.38. The van der Waals surface area contributed by atoms with Gasteiger partial charge in [-0.1, -0.05) is 30.3 Å². The van der Waals surface area contributed by atoms with Gasteiger partial charge in [0.25, 0.3) is 0 Å². The van der Waals surface area contributed by atoms with Crippen molar-refractivity contribution >= 4 is 5.91 Å². The number of aryl methyl sites for hydroxylation is 1. The van der Waals surface area contributed by atoms with Gasteiger partial charge in [0.2, 0.25) is 5.91 Å². The summed E-state index contributed by atoms with van der Waals surface area (Å²) < 4.78 is 5.75. The molecule has 7 nitrogen and oxygen atoms in total. The molecule has 1 aliphatic rings. The topological polar surface area (TPSA) is 74.3 Å². The number of amides is 1. The largest absolute Gasteiger partial charge is 0.366 e. The van der Waals surface area contributed by atoms with Gasteiger partial charge in [-0.25, -0.2) is 4.98 Å². The summed E-state index contributed by atoms with van der Waals surface area (Å²) in [5.74, 6) is 1.42. The number of rotatable bonds is 4. The summed E-state index contributed by atoms with van der Waals surface area (Å²) in [5, 5.41) is 6.99. The van der Waals surface area contributed by atoms with Crippen LogP contribution < -0.4 is 0 Å². The van der Waals surface area contributed by atoms with Crippen molar-refractivity contribution in [1.29, 1.82) is 0 Å². The molecule has 1 aliphatic heterocycles. The van der Waals surface area contributed by atoms with Crippen LogP contribution in [0.3, 0.4) is 0 Å². The van der Waals surface area contributed by atoms with Crippen LogP contribution in [-0.2, 0) is 9.53 Å². The van der Waals surface area contributed by atoms with Gasteiger partial charge in [-0.05, 0) is 26.6 Å². The quantitative estimate of drug-likeness (QED) is 0.915. The van der Waals surface area contributed by atoms with E-state index in [4.69, 9.17) is 4.74 Å². The lowest BCUT2D eigenvalue weighted by molar-refractivity contribution is -0.144. The van der Waals surface area contributed by atoms with E-state index in [0.29, 0.717) is 25.5 Å². The lowest BCUT2D eigenvalue weighted by Gasteiger charge is -2.35. The van der Waals surface area contributed by atoms with Gasteiger partial charge in [0, 0.05) is 6.54 Å². The van der Waals surface area contributed by atoms with Crippen molar-refractivity contribution in [2.45, 2.75) is 19.1 Å². The molecular formula is C17H23N5O2. The Labute approximate surface area is 141 Å². The summed E-state index contributed by atoms with van der Waals surface area (Å²) in [6.07, 6.45) is -0.286. The molecule has 1 saturated heterocycles. The molecule has 0 bridgehead atoms. The number of nitrogens with zero attached hydrogens (tertiary/aromatic N) is 4. The van der Waals surface area contributed by atoms with E-state index in [1.54, 1.807) is 0 Å². The summed E-state index contributed by atoms with van der Waals surface area (Å²) in [7, 11) is 3.85. The maximum absolute atomic E-state index is 13.1. The standard InChI is InChI=1S/C17H23N5O2/c1-12-18-16(20-19-12)14-11-22(9-10-24-14)17(23)15(21(2)3)13-7-5-4-6-8-13/h4-8,14-15H,9-11H2,1-3H3,(H,18,19,20)/t14-,15-/m1/s1.